The number of benzene rings is 1. The number of ketones is 2. The third-order valence-corrected chi connectivity index (χ3v) is 7.49. The van der Waals surface area contributed by atoms with E-state index in [1.807, 2.05) is 0 Å². The number of Topliss-reactive ketones (excluding diaryl/α,β-unsaturated/α-hetero) is 2. The van der Waals surface area contributed by atoms with Crippen LogP contribution in [0.4, 0.5) is 18.4 Å². The molecule has 0 aromatic heterocycles. The van der Waals surface area contributed by atoms with E-state index < -0.39 is 76.9 Å². The van der Waals surface area contributed by atoms with Gasteiger partial charge < -0.3 is 36.1 Å². The minimum atomic E-state index is -4.29. The van der Waals surface area contributed by atoms with Gasteiger partial charge in [-0.1, -0.05) is 30.3 Å². The molecule has 4 amide bonds. The fourth-order valence-electron chi connectivity index (χ4n) is 5.16. The third kappa shape index (κ3) is 13.4. The highest BCUT2D eigenvalue weighted by Gasteiger charge is 2.51. The van der Waals surface area contributed by atoms with Crippen LogP contribution in [0.25, 0.3) is 0 Å². The fraction of sp³-hybridized carbons (Fsp3) is 0.647. The maximum atomic E-state index is 15.1. The van der Waals surface area contributed by atoms with Crippen LogP contribution in [-0.4, -0.2) is 94.8 Å². The Balaban J connectivity index is 2.24. The van der Waals surface area contributed by atoms with Crippen LogP contribution in [0, 0.1) is 0 Å². The molecule has 1 saturated heterocycles. The zero-order chi connectivity index (χ0) is 37.2. The molecule has 2 rings (SSSR count). The number of carbonyl (C=O) groups is 6. The summed E-state index contributed by atoms with van der Waals surface area (Å²) in [5.41, 5.74) is 4.55. The lowest BCUT2D eigenvalue weighted by atomic mass is 9.94. The number of unbranched alkanes of at least 4 members (excludes halogenated alkanes) is 1. The Morgan fingerprint density at radius 1 is 0.898 bits per heavy atom. The summed E-state index contributed by atoms with van der Waals surface area (Å²) in [6.07, 6.45) is -0.766. The minimum Gasteiger partial charge on any atom is -0.444 e. The van der Waals surface area contributed by atoms with Gasteiger partial charge in [0.15, 0.2) is 5.78 Å². The highest BCUT2D eigenvalue weighted by molar-refractivity contribution is 6.00. The van der Waals surface area contributed by atoms with Crippen LogP contribution in [0.2, 0.25) is 0 Å². The maximum absolute atomic E-state index is 15.1. The number of nitrogens with zero attached hydrogens (tertiary/aromatic N) is 1. The molecule has 0 aliphatic carbocycles. The number of nitrogens with one attached hydrogen (secondary N) is 3. The molecule has 274 valence electrons. The normalized spacial score (nSPS) is 16.9. The molecule has 1 fully saturated rings. The van der Waals surface area contributed by atoms with Crippen LogP contribution in [-0.2, 0) is 35.1 Å². The number of amides is 4. The Labute approximate surface area is 286 Å². The van der Waals surface area contributed by atoms with Crippen molar-refractivity contribution in [1.29, 1.82) is 0 Å². The summed E-state index contributed by atoms with van der Waals surface area (Å²) in [6, 6.07) is 2.45. The first-order valence-electron chi connectivity index (χ1n) is 16.4. The van der Waals surface area contributed by atoms with E-state index in [1.165, 1.54) is 4.90 Å². The van der Waals surface area contributed by atoms with E-state index in [2.05, 4.69) is 16.0 Å². The predicted octanol–water partition coefficient (Wildman–Crippen LogP) is 3.41. The van der Waals surface area contributed by atoms with Crippen molar-refractivity contribution in [3.63, 3.8) is 0 Å². The topological polar surface area (TPSA) is 186 Å². The van der Waals surface area contributed by atoms with Crippen LogP contribution in [0.15, 0.2) is 30.3 Å². The molecule has 0 bridgehead atoms. The summed E-state index contributed by atoms with van der Waals surface area (Å²) in [4.78, 5) is 78.2. The quantitative estimate of drug-likeness (QED) is 0.200. The van der Waals surface area contributed by atoms with Crippen LogP contribution in [0.5, 0.6) is 0 Å². The number of rotatable bonds is 15. The molecule has 0 radical (unpaired) electrons. The van der Waals surface area contributed by atoms with Gasteiger partial charge >= 0.3 is 18.1 Å². The maximum Gasteiger partial charge on any atom is 0.408 e. The molecular formula is C34H51F2N5O8. The molecule has 15 heteroatoms. The Hall–Kier alpha value is -4.14. The number of hydrogen-bond donors (Lipinski definition) is 4. The van der Waals surface area contributed by atoms with Gasteiger partial charge in [-0.25, -0.2) is 9.59 Å². The summed E-state index contributed by atoms with van der Waals surface area (Å²) < 4.78 is 40.7. The van der Waals surface area contributed by atoms with Crippen molar-refractivity contribution in [3.8, 4) is 0 Å². The molecular weight excluding hydrogens is 644 g/mol. The van der Waals surface area contributed by atoms with Crippen LogP contribution < -0.4 is 21.7 Å². The van der Waals surface area contributed by atoms with Gasteiger partial charge in [0.25, 0.3) is 0 Å². The first-order chi connectivity index (χ1) is 22.6. The van der Waals surface area contributed by atoms with Crippen LogP contribution in [0.3, 0.4) is 0 Å². The molecule has 1 heterocycles. The average Bonchev–Trinajstić information content (AvgIpc) is 3.47. The zero-order valence-corrected chi connectivity index (χ0v) is 29.4. The molecule has 0 spiro atoms. The number of likely N-dealkylation sites (tertiary alicyclic amines) is 1. The fourth-order valence-corrected chi connectivity index (χ4v) is 5.16. The number of alkyl halides is 2. The summed E-state index contributed by atoms with van der Waals surface area (Å²) in [5.74, 6) is -8.58. The largest absolute Gasteiger partial charge is 0.444 e. The molecule has 1 aliphatic heterocycles. The van der Waals surface area contributed by atoms with Gasteiger partial charge in [-0.2, -0.15) is 8.78 Å². The van der Waals surface area contributed by atoms with Gasteiger partial charge in [0.2, 0.25) is 17.6 Å². The number of alkyl carbamates (subject to hydrolysis) is 2. The summed E-state index contributed by atoms with van der Waals surface area (Å²) in [6.45, 7) is 11.2. The van der Waals surface area contributed by atoms with E-state index >= 15 is 8.78 Å². The Bertz CT molecular complexity index is 1330. The summed E-state index contributed by atoms with van der Waals surface area (Å²) >= 11 is 0. The highest BCUT2D eigenvalue weighted by atomic mass is 19.3. The second-order valence-electron chi connectivity index (χ2n) is 14.1. The monoisotopic (exact) mass is 695 g/mol. The molecule has 49 heavy (non-hydrogen) atoms. The van der Waals surface area contributed by atoms with Gasteiger partial charge in [-0.05, 0) is 86.1 Å². The predicted molar refractivity (Wildman–Crippen MR) is 177 cm³/mol. The minimum absolute atomic E-state index is 0.0807. The van der Waals surface area contributed by atoms with E-state index in [0.29, 0.717) is 6.42 Å². The van der Waals surface area contributed by atoms with Gasteiger partial charge in [-0.15, -0.1) is 0 Å². The number of hydrogen-bond acceptors (Lipinski definition) is 9. The third-order valence-electron chi connectivity index (χ3n) is 7.49. The Kier molecular flexibility index (Phi) is 14.7. The van der Waals surface area contributed by atoms with Crippen molar-refractivity contribution in [3.05, 3.63) is 35.9 Å². The SMILES string of the molecule is CC(=O)C(N)C(F)(F)C(=O)C(CCCCNC(=O)OC(C)(C)C)NC(=O)[C@@H]1CCCN1C(=O)[C@@H](Cc1ccccc1)NC(=O)OC(C)(C)C. The van der Waals surface area contributed by atoms with Gasteiger partial charge in [0.05, 0.1) is 6.04 Å². The molecule has 4 atom stereocenters. The molecule has 5 N–H and O–H groups in total. The second kappa shape index (κ2) is 17.5. The van der Waals surface area contributed by atoms with Crippen molar-refractivity contribution in [2.45, 2.75) is 128 Å². The number of nitrogens with two attached hydrogens (primary N) is 1. The van der Waals surface area contributed by atoms with E-state index in [0.717, 1.165) is 12.5 Å². The van der Waals surface area contributed by atoms with Gasteiger partial charge in [0, 0.05) is 19.5 Å². The van der Waals surface area contributed by atoms with Crippen molar-refractivity contribution in [2.24, 2.45) is 5.73 Å². The van der Waals surface area contributed by atoms with Crippen molar-refractivity contribution >= 4 is 35.6 Å². The van der Waals surface area contributed by atoms with Crippen LogP contribution >= 0.6 is 0 Å². The lowest BCUT2D eigenvalue weighted by molar-refractivity contribution is -0.154. The highest BCUT2D eigenvalue weighted by Crippen LogP contribution is 2.25. The Morgan fingerprint density at radius 3 is 2.06 bits per heavy atom. The molecule has 13 nitrogen and oxygen atoms in total. The Morgan fingerprint density at radius 2 is 1.49 bits per heavy atom. The molecule has 1 aromatic rings. The lowest BCUT2D eigenvalue weighted by Gasteiger charge is -2.31. The number of carbonyl (C=O) groups excluding carboxylic acids is 6. The van der Waals surface area contributed by atoms with Crippen molar-refractivity contribution in [1.82, 2.24) is 20.9 Å². The smallest absolute Gasteiger partial charge is 0.408 e. The summed E-state index contributed by atoms with van der Waals surface area (Å²) in [7, 11) is 0. The van der Waals surface area contributed by atoms with Crippen molar-refractivity contribution < 1.29 is 47.0 Å². The van der Waals surface area contributed by atoms with Gasteiger partial charge in [-0.3, -0.25) is 19.2 Å². The molecule has 0 saturated carbocycles. The van der Waals surface area contributed by atoms with Gasteiger partial charge in [0.1, 0.15) is 29.3 Å². The molecule has 1 aromatic carbocycles. The lowest BCUT2D eigenvalue weighted by Crippen LogP contribution is -2.60. The number of halogens is 2. The second-order valence-corrected chi connectivity index (χ2v) is 14.1. The standard InChI is InChI=1S/C34H51F2N5O8/c1-21(42)26(37)34(35,36)27(43)23(16-11-12-18-38-30(46)48-32(2,3)4)39-28(44)25-17-13-19-41(25)29(45)24(20-22-14-9-8-10-15-22)40-31(47)49-33(5,6)7/h8-10,14-15,23-26H,11-13,16-20,37H2,1-7H3,(H,38,46)(H,39,44)(H,40,47)/t23?,24-,25+,26?/m1/s1. The molecule has 2 unspecified atom stereocenters. The van der Waals surface area contributed by atoms with E-state index in [4.69, 9.17) is 15.2 Å². The first kappa shape index (κ1) is 41.0. The van der Waals surface area contributed by atoms with E-state index in [9.17, 15) is 28.8 Å². The van der Waals surface area contributed by atoms with E-state index in [-0.39, 0.29) is 45.2 Å². The zero-order valence-electron chi connectivity index (χ0n) is 29.4. The van der Waals surface area contributed by atoms with Crippen molar-refractivity contribution in [2.75, 3.05) is 13.1 Å². The van der Waals surface area contributed by atoms with E-state index in [1.54, 1.807) is 71.9 Å². The first-order valence-corrected chi connectivity index (χ1v) is 16.4. The number of ether oxygens (including phenoxy) is 2. The van der Waals surface area contributed by atoms with Crippen LogP contribution in [0.1, 0.15) is 86.1 Å². The average molecular weight is 696 g/mol. The molecule has 1 aliphatic rings. The summed E-state index contributed by atoms with van der Waals surface area (Å²) in [5, 5.41) is 7.51.